The summed E-state index contributed by atoms with van der Waals surface area (Å²) in [6.07, 6.45) is 8.32. The summed E-state index contributed by atoms with van der Waals surface area (Å²) in [4.78, 5) is 11.3. The number of carbonyl (C=O) groups excluding carboxylic acids is 1. The van der Waals surface area contributed by atoms with E-state index < -0.39 is 5.97 Å². The maximum atomic E-state index is 11.3. The molecule has 0 amide bonds. The van der Waals surface area contributed by atoms with E-state index in [-0.39, 0.29) is 19.8 Å². The maximum Gasteiger partial charge on any atom is 0.330 e. The van der Waals surface area contributed by atoms with Crippen LogP contribution in [0.3, 0.4) is 0 Å². The van der Waals surface area contributed by atoms with Gasteiger partial charge in [0.25, 0.3) is 0 Å². The van der Waals surface area contributed by atoms with Gasteiger partial charge in [0.05, 0.1) is 13.2 Å². The van der Waals surface area contributed by atoms with Crippen LogP contribution in [-0.4, -0.2) is 30.9 Å². The monoisotopic (exact) mass is 394 g/mol. The van der Waals surface area contributed by atoms with Gasteiger partial charge in [0, 0.05) is 12.5 Å². The minimum atomic E-state index is -0.433. The Kier molecular flexibility index (Phi) is 7.88. The maximum absolute atomic E-state index is 11.3. The third-order valence-corrected chi connectivity index (χ3v) is 5.51. The van der Waals surface area contributed by atoms with Crippen molar-refractivity contribution < 1.29 is 19.4 Å². The van der Waals surface area contributed by atoms with Gasteiger partial charge in [-0.15, -0.1) is 0 Å². The van der Waals surface area contributed by atoms with Gasteiger partial charge in [0.15, 0.2) is 0 Å². The number of aliphatic hydroxyl groups is 1. The zero-order valence-corrected chi connectivity index (χ0v) is 16.9. The Labute approximate surface area is 173 Å². The molecule has 0 aromatic heterocycles. The van der Waals surface area contributed by atoms with Crippen LogP contribution in [0, 0.1) is 0 Å². The molecule has 2 aromatic rings. The zero-order chi connectivity index (χ0) is 20.5. The summed E-state index contributed by atoms with van der Waals surface area (Å²) in [7, 11) is 0. The highest BCUT2D eigenvalue weighted by molar-refractivity contribution is 5.81. The van der Waals surface area contributed by atoms with Gasteiger partial charge in [-0.05, 0) is 53.1 Å². The van der Waals surface area contributed by atoms with Crippen molar-refractivity contribution in [1.82, 2.24) is 0 Å². The Bertz CT molecular complexity index is 804. The first-order valence-corrected chi connectivity index (χ1v) is 10.5. The molecule has 0 saturated heterocycles. The summed E-state index contributed by atoms with van der Waals surface area (Å²) in [5.74, 6) is 0.968. The standard InChI is InChI=1S/C25H30O4/c1-2-25(27)29-16-14-23-18-22(12-13-24(23)28-17-15-26)21-10-8-20(9-11-21)19-6-4-3-5-7-19/h2,8-13,18-19,26H,1,3-7,14-17H2. The van der Waals surface area contributed by atoms with Gasteiger partial charge in [-0.3, -0.25) is 0 Å². The average molecular weight is 395 g/mol. The smallest absolute Gasteiger partial charge is 0.330 e. The summed E-state index contributed by atoms with van der Waals surface area (Å²) < 4.78 is 10.8. The molecule has 0 radical (unpaired) electrons. The number of hydrogen-bond acceptors (Lipinski definition) is 4. The number of esters is 1. The molecule has 1 saturated carbocycles. The quantitative estimate of drug-likeness (QED) is 0.478. The Morgan fingerprint density at radius 2 is 1.76 bits per heavy atom. The molecule has 0 aliphatic heterocycles. The lowest BCUT2D eigenvalue weighted by molar-refractivity contribution is -0.137. The first kappa shape index (κ1) is 21.1. The van der Waals surface area contributed by atoms with Gasteiger partial charge in [-0.1, -0.05) is 56.2 Å². The first-order chi connectivity index (χ1) is 14.2. The van der Waals surface area contributed by atoms with Crippen LogP contribution in [0.15, 0.2) is 55.1 Å². The molecular formula is C25H30O4. The SMILES string of the molecule is C=CC(=O)OCCc1cc(-c2ccc(C3CCCCC3)cc2)ccc1OCCO. The molecule has 0 spiro atoms. The largest absolute Gasteiger partial charge is 0.491 e. The van der Waals surface area contributed by atoms with Crippen LogP contribution in [-0.2, 0) is 16.0 Å². The Hall–Kier alpha value is -2.59. The number of rotatable bonds is 9. The second-order valence-corrected chi connectivity index (χ2v) is 7.47. The van der Waals surface area contributed by atoms with Crippen LogP contribution in [0.5, 0.6) is 5.75 Å². The minimum absolute atomic E-state index is 0.0464. The Morgan fingerprint density at radius 3 is 2.45 bits per heavy atom. The summed E-state index contributed by atoms with van der Waals surface area (Å²) in [5.41, 5.74) is 4.64. The van der Waals surface area contributed by atoms with Crippen molar-refractivity contribution in [3.8, 4) is 16.9 Å². The number of benzene rings is 2. The molecule has 0 bridgehead atoms. The molecule has 29 heavy (non-hydrogen) atoms. The molecule has 0 atom stereocenters. The van der Waals surface area contributed by atoms with Crippen molar-refractivity contribution in [1.29, 1.82) is 0 Å². The van der Waals surface area contributed by atoms with Gasteiger partial charge in [-0.25, -0.2) is 4.79 Å². The third kappa shape index (κ3) is 5.94. The molecule has 1 N–H and O–H groups in total. The molecule has 4 heteroatoms. The van der Waals surface area contributed by atoms with Crippen LogP contribution in [0.4, 0.5) is 0 Å². The number of aliphatic hydroxyl groups excluding tert-OH is 1. The van der Waals surface area contributed by atoms with E-state index in [4.69, 9.17) is 14.6 Å². The van der Waals surface area contributed by atoms with Crippen LogP contribution in [0.25, 0.3) is 11.1 Å². The highest BCUT2D eigenvalue weighted by Crippen LogP contribution is 2.34. The van der Waals surface area contributed by atoms with E-state index in [9.17, 15) is 4.79 Å². The molecule has 2 aromatic carbocycles. The topological polar surface area (TPSA) is 55.8 Å². The summed E-state index contributed by atoms with van der Waals surface area (Å²) in [6, 6.07) is 14.9. The van der Waals surface area contributed by atoms with Gasteiger partial charge < -0.3 is 14.6 Å². The fraction of sp³-hybridized carbons (Fsp3) is 0.400. The lowest BCUT2D eigenvalue weighted by Gasteiger charge is -2.22. The molecule has 1 aliphatic carbocycles. The molecule has 0 unspecified atom stereocenters. The summed E-state index contributed by atoms with van der Waals surface area (Å²) >= 11 is 0. The molecule has 0 heterocycles. The van der Waals surface area contributed by atoms with Crippen molar-refractivity contribution in [2.24, 2.45) is 0 Å². The van der Waals surface area contributed by atoms with Crippen molar-refractivity contribution in [2.45, 2.75) is 44.4 Å². The van der Waals surface area contributed by atoms with Gasteiger partial charge in [-0.2, -0.15) is 0 Å². The Balaban J connectivity index is 1.76. The van der Waals surface area contributed by atoms with E-state index in [2.05, 4.69) is 36.9 Å². The summed E-state index contributed by atoms with van der Waals surface area (Å²) in [6.45, 7) is 3.85. The molecule has 1 fully saturated rings. The Morgan fingerprint density at radius 1 is 1.03 bits per heavy atom. The zero-order valence-electron chi connectivity index (χ0n) is 16.9. The van der Waals surface area contributed by atoms with Gasteiger partial charge in [0.1, 0.15) is 12.4 Å². The van der Waals surface area contributed by atoms with Crippen molar-refractivity contribution in [3.63, 3.8) is 0 Å². The van der Waals surface area contributed by atoms with Crippen molar-refractivity contribution in [2.75, 3.05) is 19.8 Å². The van der Waals surface area contributed by atoms with E-state index in [0.717, 1.165) is 22.8 Å². The highest BCUT2D eigenvalue weighted by atomic mass is 16.5. The van der Waals surface area contributed by atoms with Crippen LogP contribution in [0.1, 0.15) is 49.1 Å². The van der Waals surface area contributed by atoms with Crippen molar-refractivity contribution >= 4 is 5.97 Å². The normalized spacial score (nSPS) is 14.4. The fourth-order valence-corrected chi connectivity index (χ4v) is 3.95. The third-order valence-electron chi connectivity index (χ3n) is 5.51. The van der Waals surface area contributed by atoms with Crippen LogP contribution < -0.4 is 4.74 Å². The average Bonchev–Trinajstić information content (AvgIpc) is 2.78. The molecular weight excluding hydrogens is 364 g/mol. The molecule has 154 valence electrons. The van der Waals surface area contributed by atoms with Gasteiger partial charge in [0.2, 0.25) is 0 Å². The second-order valence-electron chi connectivity index (χ2n) is 7.47. The second kappa shape index (κ2) is 10.8. The number of carbonyl (C=O) groups is 1. The van der Waals surface area contributed by atoms with Crippen molar-refractivity contribution in [3.05, 3.63) is 66.2 Å². The van der Waals surface area contributed by atoms with Crippen LogP contribution >= 0.6 is 0 Å². The molecule has 4 nitrogen and oxygen atoms in total. The number of ether oxygens (including phenoxy) is 2. The molecule has 1 aliphatic rings. The van der Waals surface area contributed by atoms with Gasteiger partial charge >= 0.3 is 5.97 Å². The predicted molar refractivity (Wildman–Crippen MR) is 115 cm³/mol. The minimum Gasteiger partial charge on any atom is -0.491 e. The van der Waals surface area contributed by atoms with E-state index in [1.54, 1.807) is 0 Å². The first-order valence-electron chi connectivity index (χ1n) is 10.5. The van der Waals surface area contributed by atoms with E-state index in [1.807, 2.05) is 12.1 Å². The van der Waals surface area contributed by atoms with E-state index >= 15 is 0 Å². The highest BCUT2D eigenvalue weighted by Gasteiger charge is 2.15. The van der Waals surface area contributed by atoms with E-state index in [0.29, 0.717) is 18.1 Å². The lowest BCUT2D eigenvalue weighted by Crippen LogP contribution is -2.08. The predicted octanol–water partition coefficient (Wildman–Crippen LogP) is 5.04. The fourth-order valence-electron chi connectivity index (χ4n) is 3.95. The lowest BCUT2D eigenvalue weighted by atomic mass is 9.83. The van der Waals surface area contributed by atoms with Crippen LogP contribution in [0.2, 0.25) is 0 Å². The summed E-state index contributed by atoms with van der Waals surface area (Å²) in [5, 5.41) is 9.06. The van der Waals surface area contributed by atoms with E-state index in [1.165, 1.54) is 37.7 Å². The number of hydrogen-bond donors (Lipinski definition) is 1. The molecule has 3 rings (SSSR count).